The van der Waals surface area contributed by atoms with E-state index >= 15 is 0 Å². The third-order valence-electron chi connectivity index (χ3n) is 3.92. The minimum absolute atomic E-state index is 0.671. The van der Waals surface area contributed by atoms with Gasteiger partial charge in [-0.2, -0.15) is 9.97 Å². The Morgan fingerprint density at radius 3 is 2.71 bits per heavy atom. The highest BCUT2D eigenvalue weighted by Gasteiger charge is 2.21. The zero-order valence-electron chi connectivity index (χ0n) is 12.8. The van der Waals surface area contributed by atoms with Gasteiger partial charge in [0.1, 0.15) is 5.52 Å². The van der Waals surface area contributed by atoms with Crippen LogP contribution in [0.2, 0.25) is 0 Å². The van der Waals surface area contributed by atoms with E-state index in [1.54, 1.807) is 6.33 Å². The average Bonchev–Trinajstić information content (AvgIpc) is 3.00. The summed E-state index contributed by atoms with van der Waals surface area (Å²) in [4.78, 5) is 21.4. The summed E-state index contributed by atoms with van der Waals surface area (Å²) in [5, 5.41) is 3.26. The number of aromatic amines is 1. The Morgan fingerprint density at radius 1 is 1.19 bits per heavy atom. The third-order valence-corrected chi connectivity index (χ3v) is 3.92. The molecule has 2 aromatic heterocycles. The van der Waals surface area contributed by atoms with Gasteiger partial charge in [0, 0.05) is 32.7 Å². The summed E-state index contributed by atoms with van der Waals surface area (Å²) in [6.07, 6.45) is 2.74. The van der Waals surface area contributed by atoms with Crippen molar-refractivity contribution in [2.45, 2.75) is 20.3 Å². The molecule has 0 bridgehead atoms. The number of anilines is 2. The Morgan fingerprint density at radius 2 is 2.00 bits per heavy atom. The van der Waals surface area contributed by atoms with Crippen LogP contribution in [-0.4, -0.2) is 64.1 Å². The molecule has 1 aliphatic rings. The van der Waals surface area contributed by atoms with Crippen LogP contribution in [0.4, 0.5) is 11.8 Å². The molecule has 0 aromatic carbocycles. The van der Waals surface area contributed by atoms with E-state index in [9.17, 15) is 0 Å². The first-order valence-electron chi connectivity index (χ1n) is 7.74. The van der Waals surface area contributed by atoms with E-state index in [-0.39, 0.29) is 0 Å². The van der Waals surface area contributed by atoms with E-state index < -0.39 is 0 Å². The molecule has 0 spiro atoms. The van der Waals surface area contributed by atoms with E-state index in [1.807, 2.05) is 0 Å². The minimum Gasteiger partial charge on any atom is -0.354 e. The molecular formula is C14H23N7. The second-order valence-electron chi connectivity index (χ2n) is 5.32. The van der Waals surface area contributed by atoms with Gasteiger partial charge in [-0.25, -0.2) is 4.98 Å². The van der Waals surface area contributed by atoms with E-state index in [1.165, 1.54) is 0 Å². The lowest BCUT2D eigenvalue weighted by Gasteiger charge is -2.34. The Bertz CT molecular complexity index is 586. The summed E-state index contributed by atoms with van der Waals surface area (Å²) < 4.78 is 0. The van der Waals surface area contributed by atoms with Gasteiger partial charge in [-0.05, 0) is 13.0 Å². The Kier molecular flexibility index (Phi) is 4.19. The molecule has 1 aliphatic heterocycles. The molecule has 0 aliphatic carbocycles. The first-order chi connectivity index (χ1) is 10.3. The van der Waals surface area contributed by atoms with E-state index in [0.717, 1.165) is 62.7 Å². The van der Waals surface area contributed by atoms with Crippen LogP contribution in [0.25, 0.3) is 11.2 Å². The van der Waals surface area contributed by atoms with Crippen LogP contribution in [-0.2, 0) is 0 Å². The SMILES string of the molecule is CCCNc1nc(N2CCN(CC)CC2)c2[nH]cnc2n1. The molecule has 114 valence electrons. The quantitative estimate of drug-likeness (QED) is 0.865. The van der Waals surface area contributed by atoms with Gasteiger partial charge in [0.25, 0.3) is 0 Å². The number of imidazole rings is 1. The molecule has 0 radical (unpaired) electrons. The molecule has 2 aromatic rings. The summed E-state index contributed by atoms with van der Waals surface area (Å²) >= 11 is 0. The lowest BCUT2D eigenvalue weighted by molar-refractivity contribution is 0.271. The van der Waals surface area contributed by atoms with Crippen molar-refractivity contribution in [1.82, 2.24) is 24.8 Å². The molecule has 0 atom stereocenters. The van der Waals surface area contributed by atoms with Gasteiger partial charge in [0.05, 0.1) is 6.33 Å². The summed E-state index contributed by atoms with van der Waals surface area (Å²) in [6, 6.07) is 0. The number of likely N-dealkylation sites (N-methyl/N-ethyl adjacent to an activating group) is 1. The van der Waals surface area contributed by atoms with Gasteiger partial charge in [0.15, 0.2) is 11.5 Å². The first kappa shape index (κ1) is 14.1. The van der Waals surface area contributed by atoms with Gasteiger partial charge >= 0.3 is 0 Å². The second kappa shape index (κ2) is 6.26. The summed E-state index contributed by atoms with van der Waals surface area (Å²) in [5.41, 5.74) is 1.67. The van der Waals surface area contributed by atoms with Crippen molar-refractivity contribution in [1.29, 1.82) is 0 Å². The van der Waals surface area contributed by atoms with Crippen LogP contribution in [0.1, 0.15) is 20.3 Å². The molecular weight excluding hydrogens is 266 g/mol. The predicted molar refractivity (Wildman–Crippen MR) is 84.8 cm³/mol. The number of aromatic nitrogens is 4. The van der Waals surface area contributed by atoms with Crippen molar-refractivity contribution >= 4 is 22.9 Å². The maximum Gasteiger partial charge on any atom is 0.226 e. The van der Waals surface area contributed by atoms with Crippen molar-refractivity contribution < 1.29 is 0 Å². The maximum absolute atomic E-state index is 4.70. The highest BCUT2D eigenvalue weighted by Crippen LogP contribution is 2.23. The standard InChI is InChI=1S/C14H23N7/c1-3-5-15-14-18-12-11(16-10-17-12)13(19-14)21-8-6-20(4-2)7-9-21/h10H,3-9H2,1-2H3,(H2,15,16,17,18,19). The number of fused-ring (bicyclic) bond motifs is 1. The molecule has 0 amide bonds. The smallest absolute Gasteiger partial charge is 0.226 e. The zero-order chi connectivity index (χ0) is 14.7. The number of hydrogen-bond donors (Lipinski definition) is 2. The summed E-state index contributed by atoms with van der Waals surface area (Å²) in [6.45, 7) is 10.5. The topological polar surface area (TPSA) is 73.0 Å². The first-order valence-corrected chi connectivity index (χ1v) is 7.74. The number of rotatable bonds is 5. The Balaban J connectivity index is 1.87. The minimum atomic E-state index is 0.671. The number of nitrogens with one attached hydrogen (secondary N) is 2. The highest BCUT2D eigenvalue weighted by molar-refractivity contribution is 5.84. The monoisotopic (exact) mass is 289 g/mol. The molecule has 0 saturated carbocycles. The van der Waals surface area contributed by atoms with Crippen molar-refractivity contribution in [2.75, 3.05) is 49.5 Å². The van der Waals surface area contributed by atoms with E-state index in [0.29, 0.717) is 5.95 Å². The van der Waals surface area contributed by atoms with Crippen LogP contribution in [0.5, 0.6) is 0 Å². The lowest BCUT2D eigenvalue weighted by Crippen LogP contribution is -2.46. The van der Waals surface area contributed by atoms with Crippen molar-refractivity contribution in [3.05, 3.63) is 6.33 Å². The van der Waals surface area contributed by atoms with Crippen LogP contribution in [0.15, 0.2) is 6.33 Å². The molecule has 21 heavy (non-hydrogen) atoms. The fourth-order valence-corrected chi connectivity index (χ4v) is 2.64. The molecule has 7 nitrogen and oxygen atoms in total. The molecule has 0 unspecified atom stereocenters. The van der Waals surface area contributed by atoms with Crippen molar-refractivity contribution in [3.8, 4) is 0 Å². The van der Waals surface area contributed by atoms with Crippen LogP contribution < -0.4 is 10.2 Å². The molecule has 1 fully saturated rings. The Labute approximate surface area is 124 Å². The lowest BCUT2D eigenvalue weighted by atomic mass is 10.3. The maximum atomic E-state index is 4.70. The summed E-state index contributed by atoms with van der Waals surface area (Å²) in [7, 11) is 0. The largest absolute Gasteiger partial charge is 0.354 e. The molecule has 1 saturated heterocycles. The molecule has 3 rings (SSSR count). The van der Waals surface area contributed by atoms with Crippen LogP contribution in [0, 0.1) is 0 Å². The predicted octanol–water partition coefficient (Wildman–Crippen LogP) is 1.32. The summed E-state index contributed by atoms with van der Waals surface area (Å²) in [5.74, 6) is 1.64. The van der Waals surface area contributed by atoms with Gasteiger partial charge < -0.3 is 20.1 Å². The average molecular weight is 289 g/mol. The normalized spacial score (nSPS) is 16.6. The third kappa shape index (κ3) is 2.92. The fourth-order valence-electron chi connectivity index (χ4n) is 2.64. The second-order valence-corrected chi connectivity index (χ2v) is 5.32. The van der Waals surface area contributed by atoms with Gasteiger partial charge in [-0.1, -0.05) is 13.8 Å². The molecule has 7 heteroatoms. The molecule has 2 N–H and O–H groups in total. The number of piperazine rings is 1. The zero-order valence-corrected chi connectivity index (χ0v) is 12.8. The van der Waals surface area contributed by atoms with Crippen LogP contribution in [0.3, 0.4) is 0 Å². The van der Waals surface area contributed by atoms with Crippen molar-refractivity contribution in [2.24, 2.45) is 0 Å². The Hall–Kier alpha value is -1.89. The molecule has 3 heterocycles. The number of nitrogens with zero attached hydrogens (tertiary/aromatic N) is 5. The van der Waals surface area contributed by atoms with E-state index in [2.05, 4.69) is 43.9 Å². The highest BCUT2D eigenvalue weighted by atomic mass is 15.3. The van der Waals surface area contributed by atoms with E-state index in [4.69, 9.17) is 4.98 Å². The van der Waals surface area contributed by atoms with Crippen LogP contribution >= 0.6 is 0 Å². The van der Waals surface area contributed by atoms with Gasteiger partial charge in [-0.3, -0.25) is 0 Å². The van der Waals surface area contributed by atoms with Crippen molar-refractivity contribution in [3.63, 3.8) is 0 Å². The fraction of sp³-hybridized carbons (Fsp3) is 0.643. The number of hydrogen-bond acceptors (Lipinski definition) is 6. The van der Waals surface area contributed by atoms with Gasteiger partial charge in [-0.15, -0.1) is 0 Å². The number of H-pyrrole nitrogens is 1. The van der Waals surface area contributed by atoms with Gasteiger partial charge in [0.2, 0.25) is 5.95 Å².